The number of amides is 1. The van der Waals surface area contributed by atoms with Crippen LogP contribution >= 0.6 is 0 Å². The van der Waals surface area contributed by atoms with Crippen LogP contribution in [0.25, 0.3) is 0 Å². The maximum absolute atomic E-state index is 11.6. The van der Waals surface area contributed by atoms with Crippen molar-refractivity contribution in [3.63, 3.8) is 0 Å². The summed E-state index contributed by atoms with van der Waals surface area (Å²) in [5.41, 5.74) is 4.49. The number of nitrogens with one attached hydrogen (secondary N) is 1. The molecule has 0 aromatic heterocycles. The first-order valence-corrected chi connectivity index (χ1v) is 4.66. The number of nitro groups is 1. The molecule has 3 N–H and O–H groups in total. The number of anilines is 1. The van der Waals surface area contributed by atoms with E-state index in [1.807, 2.05) is 0 Å². The van der Waals surface area contributed by atoms with E-state index in [0.717, 1.165) is 0 Å². The molecule has 0 aliphatic rings. The van der Waals surface area contributed by atoms with E-state index in [1.165, 1.54) is 32.0 Å². The van der Waals surface area contributed by atoms with Gasteiger partial charge in [-0.3, -0.25) is 14.9 Å². The predicted molar refractivity (Wildman–Crippen MR) is 60.0 cm³/mol. The molecule has 0 bridgehead atoms. The topological polar surface area (TPSA) is 98.3 Å². The number of benzene rings is 1. The minimum absolute atomic E-state index is 0.149. The SMILES string of the molecule is CC(C)(N)C(=O)Nc1ccccc1[N+](=O)[O-]. The lowest BCUT2D eigenvalue weighted by atomic mass is 10.1. The molecule has 6 nitrogen and oxygen atoms in total. The molecule has 0 heterocycles. The molecule has 0 unspecified atom stereocenters. The van der Waals surface area contributed by atoms with Crippen LogP contribution in [0.5, 0.6) is 0 Å². The van der Waals surface area contributed by atoms with Crippen molar-refractivity contribution in [3.05, 3.63) is 34.4 Å². The fourth-order valence-corrected chi connectivity index (χ4v) is 1.02. The highest BCUT2D eigenvalue weighted by atomic mass is 16.6. The van der Waals surface area contributed by atoms with Crippen LogP contribution in [0.1, 0.15) is 13.8 Å². The molecule has 0 fully saturated rings. The number of carbonyl (C=O) groups is 1. The van der Waals surface area contributed by atoms with Crippen LogP contribution in [-0.4, -0.2) is 16.4 Å². The summed E-state index contributed by atoms with van der Waals surface area (Å²) in [6, 6.07) is 5.91. The van der Waals surface area contributed by atoms with Gasteiger partial charge in [0, 0.05) is 6.07 Å². The van der Waals surface area contributed by atoms with Crippen LogP contribution in [0.15, 0.2) is 24.3 Å². The predicted octanol–water partition coefficient (Wildman–Crippen LogP) is 1.27. The number of carbonyl (C=O) groups excluding carboxylic acids is 1. The van der Waals surface area contributed by atoms with E-state index in [0.29, 0.717) is 0 Å². The second-order valence-corrected chi connectivity index (χ2v) is 3.95. The third-order valence-corrected chi connectivity index (χ3v) is 1.93. The number of hydrogen-bond acceptors (Lipinski definition) is 4. The zero-order chi connectivity index (χ0) is 12.3. The average molecular weight is 223 g/mol. The smallest absolute Gasteiger partial charge is 0.292 e. The molecule has 0 spiro atoms. The molecule has 1 amide bonds. The monoisotopic (exact) mass is 223 g/mol. The van der Waals surface area contributed by atoms with Crippen molar-refractivity contribution < 1.29 is 9.72 Å². The first-order chi connectivity index (χ1) is 7.32. The third-order valence-electron chi connectivity index (χ3n) is 1.93. The summed E-state index contributed by atoms with van der Waals surface area (Å²) in [4.78, 5) is 21.7. The molecule has 6 heteroatoms. The highest BCUT2D eigenvalue weighted by Crippen LogP contribution is 2.23. The summed E-state index contributed by atoms with van der Waals surface area (Å²) in [7, 11) is 0. The number of nitrogens with two attached hydrogens (primary N) is 1. The van der Waals surface area contributed by atoms with Gasteiger partial charge in [0.15, 0.2) is 0 Å². The number of rotatable bonds is 3. The van der Waals surface area contributed by atoms with Crippen molar-refractivity contribution in [2.75, 3.05) is 5.32 Å². The fourth-order valence-electron chi connectivity index (χ4n) is 1.02. The second kappa shape index (κ2) is 4.28. The molecular formula is C10H13N3O3. The maximum atomic E-state index is 11.6. The molecule has 16 heavy (non-hydrogen) atoms. The third kappa shape index (κ3) is 2.77. The zero-order valence-electron chi connectivity index (χ0n) is 9.06. The van der Waals surface area contributed by atoms with Gasteiger partial charge in [-0.1, -0.05) is 12.1 Å². The van der Waals surface area contributed by atoms with Crippen LogP contribution in [-0.2, 0) is 4.79 Å². The van der Waals surface area contributed by atoms with Crippen LogP contribution in [0.3, 0.4) is 0 Å². The van der Waals surface area contributed by atoms with Crippen LogP contribution in [0.2, 0.25) is 0 Å². The number of nitro benzene ring substituents is 1. The van der Waals surface area contributed by atoms with Gasteiger partial charge in [-0.2, -0.15) is 0 Å². The number of hydrogen-bond donors (Lipinski definition) is 2. The lowest BCUT2D eigenvalue weighted by Gasteiger charge is -2.17. The summed E-state index contributed by atoms with van der Waals surface area (Å²) < 4.78 is 0. The Morgan fingerprint density at radius 1 is 1.44 bits per heavy atom. The van der Waals surface area contributed by atoms with Gasteiger partial charge in [0.25, 0.3) is 5.69 Å². The van der Waals surface area contributed by atoms with Gasteiger partial charge in [0.2, 0.25) is 5.91 Å². The second-order valence-electron chi connectivity index (χ2n) is 3.95. The van der Waals surface area contributed by atoms with Gasteiger partial charge >= 0.3 is 0 Å². The van der Waals surface area contributed by atoms with Crippen molar-refractivity contribution in [3.8, 4) is 0 Å². The Bertz CT molecular complexity index is 424. The van der Waals surface area contributed by atoms with Crippen LogP contribution in [0, 0.1) is 10.1 Å². The minimum atomic E-state index is -1.08. The van der Waals surface area contributed by atoms with Gasteiger partial charge in [-0.15, -0.1) is 0 Å². The zero-order valence-corrected chi connectivity index (χ0v) is 9.06. The Kier molecular flexibility index (Phi) is 3.24. The molecule has 0 saturated heterocycles. The Labute approximate surface area is 92.6 Å². The van der Waals surface area contributed by atoms with Gasteiger partial charge in [-0.05, 0) is 19.9 Å². The van der Waals surface area contributed by atoms with Crippen LogP contribution in [0.4, 0.5) is 11.4 Å². The van der Waals surface area contributed by atoms with Crippen molar-refractivity contribution in [1.82, 2.24) is 0 Å². The molecular weight excluding hydrogens is 210 g/mol. The highest BCUT2D eigenvalue weighted by Gasteiger charge is 2.24. The molecule has 1 aromatic carbocycles. The van der Waals surface area contributed by atoms with E-state index >= 15 is 0 Å². The lowest BCUT2D eigenvalue weighted by Crippen LogP contribution is -2.45. The molecule has 0 saturated carbocycles. The highest BCUT2D eigenvalue weighted by molar-refractivity contribution is 5.98. The van der Waals surface area contributed by atoms with Gasteiger partial charge in [0.05, 0.1) is 10.5 Å². The van der Waals surface area contributed by atoms with E-state index in [1.54, 1.807) is 6.07 Å². The molecule has 1 rings (SSSR count). The Morgan fingerprint density at radius 2 is 2.00 bits per heavy atom. The van der Waals surface area contributed by atoms with E-state index in [9.17, 15) is 14.9 Å². The summed E-state index contributed by atoms with van der Waals surface area (Å²) in [6.45, 7) is 3.05. The maximum Gasteiger partial charge on any atom is 0.292 e. The first-order valence-electron chi connectivity index (χ1n) is 4.66. The van der Waals surface area contributed by atoms with E-state index < -0.39 is 16.4 Å². The minimum Gasteiger partial charge on any atom is -0.319 e. The largest absolute Gasteiger partial charge is 0.319 e. The van der Waals surface area contributed by atoms with Crippen LogP contribution < -0.4 is 11.1 Å². The molecule has 0 radical (unpaired) electrons. The standard InChI is InChI=1S/C10H13N3O3/c1-10(2,11)9(14)12-7-5-3-4-6-8(7)13(15)16/h3-6H,11H2,1-2H3,(H,12,14). The van der Waals surface area contributed by atoms with E-state index in [4.69, 9.17) is 5.73 Å². The molecule has 0 atom stereocenters. The normalized spacial score (nSPS) is 10.9. The number of para-hydroxylation sites is 2. The van der Waals surface area contributed by atoms with Crippen molar-refractivity contribution >= 4 is 17.3 Å². The molecule has 0 aliphatic heterocycles. The molecule has 86 valence electrons. The summed E-state index contributed by atoms with van der Waals surface area (Å²) >= 11 is 0. The van der Waals surface area contributed by atoms with Crippen molar-refractivity contribution in [2.45, 2.75) is 19.4 Å². The van der Waals surface area contributed by atoms with E-state index in [2.05, 4.69) is 5.32 Å². The molecule has 1 aromatic rings. The number of nitrogens with zero attached hydrogens (tertiary/aromatic N) is 1. The fraction of sp³-hybridized carbons (Fsp3) is 0.300. The summed E-state index contributed by atoms with van der Waals surface area (Å²) in [5.74, 6) is -0.471. The Balaban J connectivity index is 2.98. The summed E-state index contributed by atoms with van der Waals surface area (Å²) in [6.07, 6.45) is 0. The van der Waals surface area contributed by atoms with Gasteiger partial charge in [-0.25, -0.2) is 0 Å². The van der Waals surface area contributed by atoms with Crippen molar-refractivity contribution in [1.29, 1.82) is 0 Å². The first kappa shape index (κ1) is 12.1. The van der Waals surface area contributed by atoms with E-state index in [-0.39, 0.29) is 11.4 Å². The Morgan fingerprint density at radius 3 is 2.50 bits per heavy atom. The quantitative estimate of drug-likeness (QED) is 0.595. The molecule has 0 aliphatic carbocycles. The Hall–Kier alpha value is -1.95. The average Bonchev–Trinajstić information content (AvgIpc) is 2.16. The van der Waals surface area contributed by atoms with Gasteiger partial charge in [0.1, 0.15) is 5.69 Å². The van der Waals surface area contributed by atoms with Gasteiger partial charge < -0.3 is 11.1 Å². The van der Waals surface area contributed by atoms with Crippen molar-refractivity contribution in [2.24, 2.45) is 5.73 Å². The lowest BCUT2D eigenvalue weighted by molar-refractivity contribution is -0.383. The summed E-state index contributed by atoms with van der Waals surface area (Å²) in [5, 5.41) is 13.1.